The fourth-order valence-corrected chi connectivity index (χ4v) is 3.60. The summed E-state index contributed by atoms with van der Waals surface area (Å²) in [6.07, 6.45) is 1.55. The van der Waals surface area contributed by atoms with Crippen LogP contribution in [0.5, 0.6) is 0 Å². The van der Waals surface area contributed by atoms with Crippen LogP contribution in [0.3, 0.4) is 0 Å². The number of nitro groups is 1. The van der Waals surface area contributed by atoms with Gasteiger partial charge in [-0.3, -0.25) is 24.9 Å². The Morgan fingerprint density at radius 3 is 2.50 bits per heavy atom. The molecule has 0 atom stereocenters. The van der Waals surface area contributed by atoms with Crippen LogP contribution in [-0.2, 0) is 6.54 Å². The number of aryl methyl sites for hydroxylation is 1. The van der Waals surface area contributed by atoms with E-state index >= 15 is 0 Å². The van der Waals surface area contributed by atoms with Crippen LogP contribution in [0, 0.1) is 17.0 Å². The second-order valence-electron chi connectivity index (χ2n) is 6.93. The Balaban J connectivity index is 1.47. The minimum Gasteiger partial charge on any atom is -0.366 e. The lowest BCUT2D eigenvalue weighted by Crippen LogP contribution is -2.46. The standard InChI is InChI=1S/C18H19ClN8O3/c1-12-21-16(23-22-12)11-24-6-8-25(9-7-24)15-10-20-26(18(28)17(15)19)13-2-4-14(5-3-13)27(29)30/h2-5,10H,6-9,11H2,1H3,(H,21,22,23). The normalized spacial score (nSPS) is 14.8. The lowest BCUT2D eigenvalue weighted by Gasteiger charge is -2.35. The molecule has 0 unspecified atom stereocenters. The fraction of sp³-hybridized carbons (Fsp3) is 0.333. The molecule has 0 aliphatic carbocycles. The number of anilines is 1. The number of aromatic amines is 1. The lowest BCUT2D eigenvalue weighted by molar-refractivity contribution is -0.384. The van der Waals surface area contributed by atoms with Gasteiger partial charge in [0, 0.05) is 38.3 Å². The molecule has 0 bridgehead atoms. The second kappa shape index (κ2) is 8.20. The number of halogens is 1. The quantitative estimate of drug-likeness (QED) is 0.477. The average Bonchev–Trinajstić information content (AvgIpc) is 3.15. The zero-order chi connectivity index (χ0) is 21.3. The van der Waals surface area contributed by atoms with E-state index in [9.17, 15) is 14.9 Å². The topological polar surface area (TPSA) is 126 Å². The zero-order valence-electron chi connectivity index (χ0n) is 16.2. The molecule has 0 radical (unpaired) electrons. The molecule has 0 amide bonds. The van der Waals surface area contributed by atoms with Crippen molar-refractivity contribution in [2.75, 3.05) is 31.1 Å². The predicted octanol–water partition coefficient (Wildman–Crippen LogP) is 1.54. The Labute approximate surface area is 176 Å². The highest BCUT2D eigenvalue weighted by molar-refractivity contribution is 6.33. The molecule has 1 fully saturated rings. The van der Waals surface area contributed by atoms with Gasteiger partial charge in [-0.05, 0) is 19.1 Å². The van der Waals surface area contributed by atoms with Crippen molar-refractivity contribution >= 4 is 23.0 Å². The van der Waals surface area contributed by atoms with Crippen LogP contribution in [0.15, 0.2) is 35.3 Å². The number of nitro benzene ring substituents is 1. The van der Waals surface area contributed by atoms with Crippen LogP contribution in [0.4, 0.5) is 11.4 Å². The number of non-ortho nitro benzene ring substituents is 1. The molecule has 0 saturated carbocycles. The first kappa shape index (κ1) is 20.0. The van der Waals surface area contributed by atoms with Crippen molar-refractivity contribution in [1.29, 1.82) is 0 Å². The Kier molecular flexibility index (Phi) is 5.46. The van der Waals surface area contributed by atoms with E-state index in [1.54, 1.807) is 6.20 Å². The van der Waals surface area contributed by atoms with Crippen LogP contribution in [0.1, 0.15) is 11.6 Å². The van der Waals surface area contributed by atoms with Crippen LogP contribution >= 0.6 is 11.6 Å². The first-order valence-corrected chi connectivity index (χ1v) is 9.68. The Hall–Kier alpha value is -3.31. The van der Waals surface area contributed by atoms with Crippen LogP contribution < -0.4 is 10.5 Å². The van der Waals surface area contributed by atoms with E-state index in [4.69, 9.17) is 11.6 Å². The minimum absolute atomic E-state index is 0.0624. The van der Waals surface area contributed by atoms with E-state index in [-0.39, 0.29) is 10.7 Å². The number of benzene rings is 1. The van der Waals surface area contributed by atoms with Crippen molar-refractivity contribution in [3.8, 4) is 5.69 Å². The van der Waals surface area contributed by atoms with Crippen molar-refractivity contribution < 1.29 is 4.92 Å². The SMILES string of the molecule is Cc1nc(CN2CCN(c3cnn(-c4ccc([N+](=O)[O-])cc4)c(=O)c3Cl)CC2)n[nH]1. The molecule has 156 valence electrons. The van der Waals surface area contributed by atoms with Gasteiger partial charge < -0.3 is 4.90 Å². The maximum atomic E-state index is 12.7. The van der Waals surface area contributed by atoms with E-state index in [1.165, 1.54) is 24.3 Å². The van der Waals surface area contributed by atoms with E-state index in [1.807, 2.05) is 11.8 Å². The van der Waals surface area contributed by atoms with Gasteiger partial charge in [0.2, 0.25) is 0 Å². The van der Waals surface area contributed by atoms with Crippen molar-refractivity contribution in [1.82, 2.24) is 29.9 Å². The predicted molar refractivity (Wildman–Crippen MR) is 110 cm³/mol. The Bertz CT molecular complexity index is 1120. The molecular formula is C18H19ClN8O3. The highest BCUT2D eigenvalue weighted by Crippen LogP contribution is 2.23. The molecular weight excluding hydrogens is 412 g/mol. The van der Waals surface area contributed by atoms with Gasteiger partial charge in [-0.2, -0.15) is 14.9 Å². The zero-order valence-corrected chi connectivity index (χ0v) is 16.9. The largest absolute Gasteiger partial charge is 0.366 e. The number of hydrogen-bond donors (Lipinski definition) is 1. The molecule has 30 heavy (non-hydrogen) atoms. The van der Waals surface area contributed by atoms with Crippen LogP contribution in [0.25, 0.3) is 5.69 Å². The number of piperazine rings is 1. The molecule has 1 aliphatic rings. The van der Waals surface area contributed by atoms with Gasteiger partial charge in [-0.25, -0.2) is 4.98 Å². The van der Waals surface area contributed by atoms with E-state index in [0.717, 1.165) is 29.4 Å². The molecule has 12 heteroatoms. The van der Waals surface area contributed by atoms with Gasteiger partial charge in [0.1, 0.15) is 10.8 Å². The van der Waals surface area contributed by atoms with Crippen LogP contribution in [0.2, 0.25) is 5.02 Å². The molecule has 1 aromatic carbocycles. The fourth-order valence-electron chi connectivity index (χ4n) is 3.35. The molecule has 4 rings (SSSR count). The van der Waals surface area contributed by atoms with Crippen molar-refractivity contribution in [3.63, 3.8) is 0 Å². The summed E-state index contributed by atoms with van der Waals surface area (Å²) in [6.45, 7) is 5.44. The second-order valence-corrected chi connectivity index (χ2v) is 7.31. The van der Waals surface area contributed by atoms with Crippen molar-refractivity contribution in [3.05, 3.63) is 67.6 Å². The number of nitrogens with zero attached hydrogens (tertiary/aromatic N) is 7. The summed E-state index contributed by atoms with van der Waals surface area (Å²) in [5.41, 5.74) is 0.452. The van der Waals surface area contributed by atoms with Gasteiger partial charge in [-0.15, -0.1) is 0 Å². The van der Waals surface area contributed by atoms with E-state index in [2.05, 4.69) is 25.2 Å². The molecule has 2 aromatic heterocycles. The molecule has 3 heterocycles. The lowest BCUT2D eigenvalue weighted by atomic mass is 10.2. The molecule has 11 nitrogen and oxygen atoms in total. The first-order chi connectivity index (χ1) is 14.4. The van der Waals surface area contributed by atoms with Crippen molar-refractivity contribution in [2.45, 2.75) is 13.5 Å². The number of aromatic nitrogens is 5. The van der Waals surface area contributed by atoms with Gasteiger partial charge in [0.05, 0.1) is 29.0 Å². The summed E-state index contributed by atoms with van der Waals surface area (Å²) < 4.78 is 1.14. The summed E-state index contributed by atoms with van der Waals surface area (Å²) in [4.78, 5) is 31.6. The van der Waals surface area contributed by atoms with Crippen molar-refractivity contribution in [2.24, 2.45) is 0 Å². The third kappa shape index (κ3) is 4.02. The summed E-state index contributed by atoms with van der Waals surface area (Å²) in [6, 6.07) is 5.57. The molecule has 1 saturated heterocycles. The summed E-state index contributed by atoms with van der Waals surface area (Å²) in [5, 5.41) is 22.1. The molecule has 1 N–H and O–H groups in total. The maximum absolute atomic E-state index is 12.7. The van der Waals surface area contributed by atoms with Crippen LogP contribution in [-0.4, -0.2) is 61.0 Å². The third-order valence-corrected chi connectivity index (χ3v) is 5.28. The number of rotatable bonds is 5. The number of nitrogens with one attached hydrogen (secondary N) is 1. The van der Waals surface area contributed by atoms with E-state index < -0.39 is 10.5 Å². The smallest absolute Gasteiger partial charge is 0.292 e. The summed E-state index contributed by atoms with van der Waals surface area (Å²) in [5.74, 6) is 1.54. The van der Waals surface area contributed by atoms with Gasteiger partial charge in [0.25, 0.3) is 11.2 Å². The van der Waals surface area contributed by atoms with Gasteiger partial charge in [0.15, 0.2) is 5.82 Å². The minimum atomic E-state index is -0.501. The van der Waals surface area contributed by atoms with Gasteiger partial charge >= 0.3 is 0 Å². The van der Waals surface area contributed by atoms with E-state index in [0.29, 0.717) is 31.0 Å². The first-order valence-electron chi connectivity index (χ1n) is 9.30. The monoisotopic (exact) mass is 430 g/mol. The molecule has 3 aromatic rings. The summed E-state index contributed by atoms with van der Waals surface area (Å²) in [7, 11) is 0. The highest BCUT2D eigenvalue weighted by atomic mass is 35.5. The highest BCUT2D eigenvalue weighted by Gasteiger charge is 2.22. The Morgan fingerprint density at radius 1 is 1.20 bits per heavy atom. The maximum Gasteiger partial charge on any atom is 0.292 e. The summed E-state index contributed by atoms with van der Waals surface area (Å²) >= 11 is 6.37. The van der Waals surface area contributed by atoms with Gasteiger partial charge in [-0.1, -0.05) is 11.6 Å². The molecule has 1 aliphatic heterocycles. The average molecular weight is 431 g/mol. The number of H-pyrrole nitrogens is 1. The number of hydrogen-bond acceptors (Lipinski definition) is 8. The molecule has 0 spiro atoms. The Morgan fingerprint density at radius 2 is 1.90 bits per heavy atom. The third-order valence-electron chi connectivity index (χ3n) is 4.93.